The largest absolute Gasteiger partial charge is 0.394 e. The van der Waals surface area contributed by atoms with Crippen molar-refractivity contribution < 1.29 is 20.1 Å². The normalized spacial score (nSPS) is 11.2. The first-order valence-corrected chi connectivity index (χ1v) is 5.76. The molecule has 0 aliphatic carbocycles. The van der Waals surface area contributed by atoms with Gasteiger partial charge in [-0.15, -0.1) is 0 Å². The van der Waals surface area contributed by atoms with Crippen LogP contribution in [-0.4, -0.2) is 70.6 Å². The molecule has 0 spiro atoms. The number of nitrogens with zero attached hydrogens (tertiary/aromatic N) is 2. The molecule has 0 saturated heterocycles. The number of amides is 1. The molecule has 0 bridgehead atoms. The molecule has 0 aromatic carbocycles. The van der Waals surface area contributed by atoms with E-state index in [1.165, 1.54) is 17.2 Å². The molecule has 1 aromatic rings. The maximum Gasteiger partial charge on any atom is 0.272 e. The lowest BCUT2D eigenvalue weighted by Crippen LogP contribution is -2.49. The Balaban J connectivity index is 2.97. The highest BCUT2D eigenvalue weighted by Gasteiger charge is 2.28. The second kappa shape index (κ2) is 6.46. The number of anilines is 1. The maximum atomic E-state index is 11.8. The molecule has 1 heterocycles. The van der Waals surface area contributed by atoms with Gasteiger partial charge in [-0.05, 0) is 12.1 Å². The molecule has 19 heavy (non-hydrogen) atoms. The first-order chi connectivity index (χ1) is 8.98. The van der Waals surface area contributed by atoms with Crippen LogP contribution in [0.1, 0.15) is 10.5 Å². The summed E-state index contributed by atoms with van der Waals surface area (Å²) in [5, 5.41) is 30.5. The van der Waals surface area contributed by atoms with Crippen LogP contribution in [0, 0.1) is 0 Å². The van der Waals surface area contributed by atoms with E-state index in [9.17, 15) is 20.1 Å². The highest BCUT2D eigenvalue weighted by Crippen LogP contribution is 2.16. The summed E-state index contributed by atoms with van der Waals surface area (Å²) in [5.41, 5.74) is -0.519. The Labute approximate surface area is 111 Å². The number of hydrogen-bond donors (Lipinski definition) is 4. The van der Waals surface area contributed by atoms with E-state index in [4.69, 9.17) is 0 Å². The Morgan fingerprint density at radius 3 is 2.37 bits per heavy atom. The summed E-state index contributed by atoms with van der Waals surface area (Å²) in [7, 11) is 3.23. The van der Waals surface area contributed by atoms with Gasteiger partial charge in [0.15, 0.2) is 0 Å². The molecular formula is C12H19N3O4. The smallest absolute Gasteiger partial charge is 0.272 e. The van der Waals surface area contributed by atoms with E-state index in [0.29, 0.717) is 5.69 Å². The summed E-state index contributed by atoms with van der Waals surface area (Å²) < 4.78 is 0. The standard InChI is InChI=1S/C12H19N3O4/c1-15(2)11(19)10-5-9(3-4-13-10)14-12(6-16,7-17)8-18/h3-5,16-18H,6-8H2,1-2H3,(H,13,14). The molecule has 1 amide bonds. The minimum Gasteiger partial charge on any atom is -0.394 e. The van der Waals surface area contributed by atoms with Crippen molar-refractivity contribution in [2.75, 3.05) is 39.2 Å². The van der Waals surface area contributed by atoms with Crippen LogP contribution < -0.4 is 5.32 Å². The second-order valence-corrected chi connectivity index (χ2v) is 4.51. The van der Waals surface area contributed by atoms with Crippen LogP contribution in [0.4, 0.5) is 5.69 Å². The van der Waals surface area contributed by atoms with E-state index in [-0.39, 0.29) is 11.6 Å². The Bertz CT molecular complexity index is 424. The number of carbonyl (C=O) groups excluding carboxylic acids is 1. The van der Waals surface area contributed by atoms with Crippen molar-refractivity contribution in [2.24, 2.45) is 0 Å². The molecule has 1 rings (SSSR count). The van der Waals surface area contributed by atoms with E-state index < -0.39 is 25.4 Å². The van der Waals surface area contributed by atoms with Crippen LogP contribution in [0.25, 0.3) is 0 Å². The summed E-state index contributed by atoms with van der Waals surface area (Å²) in [6, 6.07) is 3.08. The lowest BCUT2D eigenvalue weighted by atomic mass is 10.0. The van der Waals surface area contributed by atoms with Crippen molar-refractivity contribution in [1.29, 1.82) is 0 Å². The summed E-state index contributed by atoms with van der Waals surface area (Å²) in [6.45, 7) is -1.34. The van der Waals surface area contributed by atoms with Gasteiger partial charge in [0.25, 0.3) is 5.91 Å². The van der Waals surface area contributed by atoms with Crippen molar-refractivity contribution in [2.45, 2.75) is 5.54 Å². The number of aliphatic hydroxyl groups is 3. The quantitative estimate of drug-likeness (QED) is 0.523. The Hall–Kier alpha value is -1.70. The van der Waals surface area contributed by atoms with Crippen molar-refractivity contribution in [3.8, 4) is 0 Å². The molecule has 0 atom stereocenters. The van der Waals surface area contributed by atoms with Crippen LogP contribution >= 0.6 is 0 Å². The van der Waals surface area contributed by atoms with E-state index in [0.717, 1.165) is 0 Å². The summed E-state index contributed by atoms with van der Waals surface area (Å²) >= 11 is 0. The summed E-state index contributed by atoms with van der Waals surface area (Å²) in [4.78, 5) is 17.1. The van der Waals surface area contributed by atoms with Crippen molar-refractivity contribution in [3.63, 3.8) is 0 Å². The van der Waals surface area contributed by atoms with Crippen molar-refractivity contribution in [1.82, 2.24) is 9.88 Å². The number of pyridine rings is 1. The molecule has 0 aliphatic heterocycles. The van der Waals surface area contributed by atoms with Gasteiger partial charge in [-0.25, -0.2) is 0 Å². The lowest BCUT2D eigenvalue weighted by Gasteiger charge is -2.30. The predicted molar refractivity (Wildman–Crippen MR) is 69.9 cm³/mol. The summed E-state index contributed by atoms with van der Waals surface area (Å²) in [6.07, 6.45) is 1.44. The number of nitrogens with one attached hydrogen (secondary N) is 1. The van der Waals surface area contributed by atoms with Crippen LogP contribution in [-0.2, 0) is 0 Å². The Kier molecular flexibility index (Phi) is 5.22. The maximum absolute atomic E-state index is 11.8. The molecule has 0 radical (unpaired) electrons. The van der Waals surface area contributed by atoms with Gasteiger partial charge in [0.05, 0.1) is 19.8 Å². The van der Waals surface area contributed by atoms with E-state index in [1.54, 1.807) is 20.2 Å². The minimum absolute atomic E-state index is 0.234. The number of aliphatic hydroxyl groups excluding tert-OH is 3. The minimum atomic E-state index is -1.24. The Morgan fingerprint density at radius 2 is 1.89 bits per heavy atom. The van der Waals surface area contributed by atoms with Crippen LogP contribution in [0.2, 0.25) is 0 Å². The molecule has 7 nitrogen and oxygen atoms in total. The van der Waals surface area contributed by atoms with Gasteiger partial charge in [-0.3, -0.25) is 9.78 Å². The van der Waals surface area contributed by atoms with E-state index >= 15 is 0 Å². The average Bonchev–Trinajstić information content (AvgIpc) is 2.44. The number of hydrogen-bond acceptors (Lipinski definition) is 6. The highest BCUT2D eigenvalue weighted by molar-refractivity contribution is 5.92. The average molecular weight is 269 g/mol. The lowest BCUT2D eigenvalue weighted by molar-refractivity contribution is 0.0822. The van der Waals surface area contributed by atoms with E-state index in [1.807, 2.05) is 0 Å². The van der Waals surface area contributed by atoms with Crippen LogP contribution in [0.15, 0.2) is 18.3 Å². The van der Waals surface area contributed by atoms with E-state index in [2.05, 4.69) is 10.3 Å². The second-order valence-electron chi connectivity index (χ2n) is 4.51. The fourth-order valence-corrected chi connectivity index (χ4v) is 1.43. The van der Waals surface area contributed by atoms with Crippen LogP contribution in [0.3, 0.4) is 0 Å². The monoisotopic (exact) mass is 269 g/mol. The van der Waals surface area contributed by atoms with Gasteiger partial charge in [-0.1, -0.05) is 0 Å². The van der Waals surface area contributed by atoms with Gasteiger partial charge in [0, 0.05) is 26.0 Å². The highest BCUT2D eigenvalue weighted by atomic mass is 16.3. The molecule has 0 fully saturated rings. The van der Waals surface area contributed by atoms with Crippen molar-refractivity contribution >= 4 is 11.6 Å². The van der Waals surface area contributed by atoms with Crippen molar-refractivity contribution in [3.05, 3.63) is 24.0 Å². The number of rotatable bonds is 6. The third-order valence-corrected chi connectivity index (χ3v) is 2.70. The first kappa shape index (κ1) is 15.4. The molecule has 0 saturated carbocycles. The van der Waals surface area contributed by atoms with Gasteiger partial charge in [0.1, 0.15) is 11.2 Å². The topological polar surface area (TPSA) is 106 Å². The van der Waals surface area contributed by atoms with Crippen LogP contribution in [0.5, 0.6) is 0 Å². The SMILES string of the molecule is CN(C)C(=O)c1cc(NC(CO)(CO)CO)ccn1. The summed E-state index contributed by atoms with van der Waals surface area (Å²) in [5.74, 6) is -0.258. The zero-order valence-corrected chi connectivity index (χ0v) is 11.0. The zero-order chi connectivity index (χ0) is 14.5. The molecule has 1 aromatic heterocycles. The fourth-order valence-electron chi connectivity index (χ4n) is 1.43. The molecule has 0 unspecified atom stereocenters. The molecule has 0 aliphatic rings. The third kappa shape index (κ3) is 3.63. The van der Waals surface area contributed by atoms with Gasteiger partial charge in [0.2, 0.25) is 0 Å². The van der Waals surface area contributed by atoms with Gasteiger partial charge in [-0.2, -0.15) is 0 Å². The number of aromatic nitrogens is 1. The molecule has 7 heteroatoms. The Morgan fingerprint density at radius 1 is 1.32 bits per heavy atom. The fraction of sp³-hybridized carbons (Fsp3) is 0.500. The van der Waals surface area contributed by atoms with Gasteiger partial charge >= 0.3 is 0 Å². The first-order valence-electron chi connectivity index (χ1n) is 5.76. The zero-order valence-electron chi connectivity index (χ0n) is 11.0. The predicted octanol–water partition coefficient (Wildman–Crippen LogP) is -1.09. The molecule has 4 N–H and O–H groups in total. The van der Waals surface area contributed by atoms with Gasteiger partial charge < -0.3 is 25.5 Å². The third-order valence-electron chi connectivity index (χ3n) is 2.70. The molecular weight excluding hydrogens is 250 g/mol. The number of carbonyl (C=O) groups is 1. The molecule has 106 valence electrons.